The zero-order valence-corrected chi connectivity index (χ0v) is 11.5. The van der Waals surface area contributed by atoms with E-state index in [-0.39, 0.29) is 0 Å². The van der Waals surface area contributed by atoms with Crippen LogP contribution in [0.2, 0.25) is 0 Å². The Balaban J connectivity index is 2.18. The second-order valence-corrected chi connectivity index (χ2v) is 5.55. The number of nitrogens with zero attached hydrogens (tertiary/aromatic N) is 3. The third-order valence-electron chi connectivity index (χ3n) is 2.52. The highest BCUT2D eigenvalue weighted by molar-refractivity contribution is 7.15. The monoisotopic (exact) mass is 250 g/mol. The zero-order chi connectivity index (χ0) is 12.4. The highest BCUT2D eigenvalue weighted by atomic mass is 32.1. The Morgan fingerprint density at radius 2 is 2.24 bits per heavy atom. The fourth-order valence-electron chi connectivity index (χ4n) is 1.54. The van der Waals surface area contributed by atoms with E-state index in [9.17, 15) is 0 Å². The van der Waals surface area contributed by atoms with Crippen LogP contribution < -0.4 is 5.32 Å². The molecule has 0 atom stereocenters. The fraction of sp³-hybridized carbons (Fsp3) is 0.500. The molecule has 92 valence electrons. The van der Waals surface area contributed by atoms with E-state index in [4.69, 9.17) is 0 Å². The van der Waals surface area contributed by atoms with Crippen LogP contribution in [0, 0.1) is 6.92 Å². The number of aryl methyl sites for hydroxylation is 2. The van der Waals surface area contributed by atoms with Gasteiger partial charge in [0.05, 0.1) is 11.9 Å². The van der Waals surface area contributed by atoms with Crippen molar-refractivity contribution >= 4 is 11.3 Å². The molecule has 0 fully saturated rings. The van der Waals surface area contributed by atoms with Crippen LogP contribution in [0.3, 0.4) is 0 Å². The maximum absolute atomic E-state index is 4.60. The van der Waals surface area contributed by atoms with Gasteiger partial charge < -0.3 is 5.32 Å². The first-order valence-corrected chi connectivity index (χ1v) is 6.56. The van der Waals surface area contributed by atoms with Crippen molar-refractivity contribution in [3.63, 3.8) is 0 Å². The smallest absolute Gasteiger partial charge is 0.127 e. The Morgan fingerprint density at radius 1 is 1.47 bits per heavy atom. The Morgan fingerprint density at radius 3 is 2.82 bits per heavy atom. The maximum Gasteiger partial charge on any atom is 0.127 e. The van der Waals surface area contributed by atoms with Crippen molar-refractivity contribution in [1.82, 2.24) is 20.1 Å². The molecule has 2 aromatic rings. The Kier molecular flexibility index (Phi) is 3.59. The van der Waals surface area contributed by atoms with Crippen LogP contribution in [-0.4, -0.2) is 20.8 Å². The van der Waals surface area contributed by atoms with E-state index in [0.29, 0.717) is 6.04 Å². The Labute approximate surface area is 106 Å². The van der Waals surface area contributed by atoms with Gasteiger partial charge in [-0.3, -0.25) is 4.68 Å². The third-order valence-corrected chi connectivity index (χ3v) is 3.72. The summed E-state index contributed by atoms with van der Waals surface area (Å²) < 4.78 is 1.80. The predicted octanol–water partition coefficient (Wildman–Crippen LogP) is 2.35. The van der Waals surface area contributed by atoms with Gasteiger partial charge in [0.15, 0.2) is 0 Å². The summed E-state index contributed by atoms with van der Waals surface area (Å²) in [4.78, 5) is 5.90. The molecule has 0 unspecified atom stereocenters. The van der Waals surface area contributed by atoms with E-state index in [1.165, 1.54) is 4.88 Å². The van der Waals surface area contributed by atoms with Gasteiger partial charge in [-0.15, -0.1) is 11.3 Å². The van der Waals surface area contributed by atoms with Gasteiger partial charge in [0, 0.05) is 36.3 Å². The maximum atomic E-state index is 4.60. The molecule has 0 saturated carbocycles. The first-order valence-electron chi connectivity index (χ1n) is 5.75. The number of hydrogen-bond acceptors (Lipinski definition) is 4. The third kappa shape index (κ3) is 2.92. The number of aromatic nitrogens is 3. The normalized spacial score (nSPS) is 11.4. The average molecular weight is 250 g/mol. The van der Waals surface area contributed by atoms with Crippen molar-refractivity contribution in [1.29, 1.82) is 0 Å². The first kappa shape index (κ1) is 12.3. The lowest BCUT2D eigenvalue weighted by Gasteiger charge is -2.05. The molecule has 0 spiro atoms. The lowest BCUT2D eigenvalue weighted by molar-refractivity contribution is 0.591. The van der Waals surface area contributed by atoms with Crippen molar-refractivity contribution < 1.29 is 0 Å². The van der Waals surface area contributed by atoms with E-state index >= 15 is 0 Å². The molecule has 0 aliphatic carbocycles. The molecule has 0 bridgehead atoms. The Hall–Kier alpha value is -1.20. The standard InChI is InChI=1S/C12H18N4S/c1-8(2)13-6-11-9(3)15-12(17-11)10-5-14-16(4)7-10/h5,7-8,13H,6H2,1-4H3. The van der Waals surface area contributed by atoms with Crippen LogP contribution >= 0.6 is 11.3 Å². The molecule has 17 heavy (non-hydrogen) atoms. The number of nitrogens with one attached hydrogen (secondary N) is 1. The van der Waals surface area contributed by atoms with Crippen LogP contribution in [-0.2, 0) is 13.6 Å². The van der Waals surface area contributed by atoms with Gasteiger partial charge in [0.2, 0.25) is 0 Å². The van der Waals surface area contributed by atoms with Gasteiger partial charge >= 0.3 is 0 Å². The second kappa shape index (κ2) is 4.98. The van der Waals surface area contributed by atoms with E-state index in [0.717, 1.165) is 22.8 Å². The fourth-order valence-corrected chi connectivity index (χ4v) is 2.53. The molecule has 0 aliphatic heterocycles. The first-order chi connectivity index (χ1) is 8.06. The van der Waals surface area contributed by atoms with Crippen molar-refractivity contribution in [3.05, 3.63) is 23.0 Å². The lowest BCUT2D eigenvalue weighted by Crippen LogP contribution is -2.21. The average Bonchev–Trinajstić information content (AvgIpc) is 2.82. The molecule has 2 aromatic heterocycles. The van der Waals surface area contributed by atoms with Crippen molar-refractivity contribution in [2.45, 2.75) is 33.4 Å². The molecule has 4 nitrogen and oxygen atoms in total. The van der Waals surface area contributed by atoms with Crippen molar-refractivity contribution in [2.75, 3.05) is 0 Å². The largest absolute Gasteiger partial charge is 0.310 e. The van der Waals surface area contributed by atoms with Gasteiger partial charge in [0.25, 0.3) is 0 Å². The molecule has 0 saturated heterocycles. The molecule has 2 rings (SSSR count). The molecule has 0 amide bonds. The molecule has 0 aliphatic rings. The molecule has 0 radical (unpaired) electrons. The molecule has 5 heteroatoms. The van der Waals surface area contributed by atoms with Crippen LogP contribution in [0.4, 0.5) is 0 Å². The quantitative estimate of drug-likeness (QED) is 0.905. The molecule has 1 N–H and O–H groups in total. The van der Waals surface area contributed by atoms with Crippen LogP contribution in [0.15, 0.2) is 12.4 Å². The van der Waals surface area contributed by atoms with E-state index in [1.807, 2.05) is 19.4 Å². The van der Waals surface area contributed by atoms with E-state index in [1.54, 1.807) is 16.0 Å². The summed E-state index contributed by atoms with van der Waals surface area (Å²) >= 11 is 1.74. The lowest BCUT2D eigenvalue weighted by atomic mass is 10.3. The number of rotatable bonds is 4. The van der Waals surface area contributed by atoms with Gasteiger partial charge in [-0.2, -0.15) is 5.10 Å². The van der Waals surface area contributed by atoms with Crippen molar-refractivity contribution in [3.8, 4) is 10.6 Å². The summed E-state index contributed by atoms with van der Waals surface area (Å²) in [5, 5.41) is 8.65. The summed E-state index contributed by atoms with van der Waals surface area (Å²) in [5.41, 5.74) is 2.21. The molecule has 0 aromatic carbocycles. The highest BCUT2D eigenvalue weighted by Crippen LogP contribution is 2.27. The minimum atomic E-state index is 0.498. The minimum Gasteiger partial charge on any atom is -0.310 e. The summed E-state index contributed by atoms with van der Waals surface area (Å²) in [6.45, 7) is 7.26. The SMILES string of the molecule is Cc1nc(-c2cnn(C)c2)sc1CNC(C)C. The van der Waals surface area contributed by atoms with Crippen LogP contribution in [0.25, 0.3) is 10.6 Å². The summed E-state index contributed by atoms with van der Waals surface area (Å²) in [7, 11) is 1.92. The summed E-state index contributed by atoms with van der Waals surface area (Å²) in [5.74, 6) is 0. The molecular weight excluding hydrogens is 232 g/mol. The van der Waals surface area contributed by atoms with E-state index in [2.05, 4.69) is 36.2 Å². The highest BCUT2D eigenvalue weighted by Gasteiger charge is 2.10. The number of thiazole rings is 1. The van der Waals surface area contributed by atoms with Crippen molar-refractivity contribution in [2.24, 2.45) is 7.05 Å². The van der Waals surface area contributed by atoms with Gasteiger partial charge in [-0.1, -0.05) is 13.8 Å². The van der Waals surface area contributed by atoms with Crippen LogP contribution in [0.5, 0.6) is 0 Å². The van der Waals surface area contributed by atoms with Crippen LogP contribution in [0.1, 0.15) is 24.4 Å². The summed E-state index contributed by atoms with van der Waals surface area (Å²) in [6, 6.07) is 0.498. The minimum absolute atomic E-state index is 0.498. The summed E-state index contributed by atoms with van der Waals surface area (Å²) in [6.07, 6.45) is 3.86. The van der Waals surface area contributed by atoms with Gasteiger partial charge in [-0.25, -0.2) is 4.98 Å². The molecule has 2 heterocycles. The second-order valence-electron chi connectivity index (χ2n) is 4.47. The topological polar surface area (TPSA) is 42.7 Å². The Bertz CT molecular complexity index is 498. The zero-order valence-electron chi connectivity index (χ0n) is 10.7. The van der Waals surface area contributed by atoms with Gasteiger partial charge in [-0.05, 0) is 6.92 Å². The van der Waals surface area contributed by atoms with E-state index < -0.39 is 0 Å². The predicted molar refractivity (Wildman–Crippen MR) is 71.0 cm³/mol. The molecular formula is C12H18N4S. The number of hydrogen-bond donors (Lipinski definition) is 1. The van der Waals surface area contributed by atoms with Gasteiger partial charge in [0.1, 0.15) is 5.01 Å².